The van der Waals surface area contributed by atoms with Crippen LogP contribution < -0.4 is 16.2 Å². The number of hydrazine groups is 1. The Kier molecular flexibility index (Phi) is 4.30. The van der Waals surface area contributed by atoms with E-state index in [0.717, 1.165) is 13.1 Å². The van der Waals surface area contributed by atoms with Crippen LogP contribution in [-0.4, -0.2) is 52.0 Å². The van der Waals surface area contributed by atoms with Crippen LogP contribution in [0.2, 0.25) is 0 Å². The highest BCUT2D eigenvalue weighted by molar-refractivity contribution is 5.59. The molecule has 0 aliphatic carbocycles. The van der Waals surface area contributed by atoms with Crippen LogP contribution >= 0.6 is 0 Å². The summed E-state index contributed by atoms with van der Waals surface area (Å²) in [5.74, 6) is 5.77. The number of piperazine rings is 1. The van der Waals surface area contributed by atoms with Crippen molar-refractivity contribution in [3.63, 3.8) is 0 Å². The quantitative estimate of drug-likeness (QED) is 0.457. The molecule has 0 amide bonds. The Morgan fingerprint density at radius 2 is 2.35 bits per heavy atom. The standard InChI is InChI=1S/C11H19N7O2/c1-3-16-4-5-17(7-8(16)2)10-9(18(19)20)6-13-11(14-10)15-12/h6,8H,3-5,7,12H2,1-2H3,(H,13,14,15). The average molecular weight is 281 g/mol. The maximum Gasteiger partial charge on any atom is 0.329 e. The zero-order valence-corrected chi connectivity index (χ0v) is 11.6. The van der Waals surface area contributed by atoms with E-state index in [1.165, 1.54) is 6.20 Å². The smallest absolute Gasteiger partial charge is 0.329 e. The molecule has 0 radical (unpaired) electrons. The fraction of sp³-hybridized carbons (Fsp3) is 0.636. The van der Waals surface area contributed by atoms with Gasteiger partial charge in [-0.3, -0.25) is 20.4 Å². The van der Waals surface area contributed by atoms with E-state index < -0.39 is 4.92 Å². The molecule has 1 atom stereocenters. The third-order valence-electron chi connectivity index (χ3n) is 3.55. The predicted molar refractivity (Wildman–Crippen MR) is 75.4 cm³/mol. The van der Waals surface area contributed by atoms with Crippen molar-refractivity contribution in [2.24, 2.45) is 5.84 Å². The number of nitrogens with two attached hydrogens (primary N) is 1. The summed E-state index contributed by atoms with van der Waals surface area (Å²) in [6.45, 7) is 7.41. The number of nitrogens with zero attached hydrogens (tertiary/aromatic N) is 5. The van der Waals surface area contributed by atoms with Gasteiger partial charge in [0, 0.05) is 25.7 Å². The second-order valence-electron chi connectivity index (χ2n) is 4.73. The number of likely N-dealkylation sites (N-methyl/N-ethyl adjacent to an activating group) is 1. The highest BCUT2D eigenvalue weighted by Gasteiger charge is 2.29. The Bertz CT molecular complexity index is 496. The molecule has 0 aromatic carbocycles. The van der Waals surface area contributed by atoms with Crippen molar-refractivity contribution in [2.45, 2.75) is 19.9 Å². The third kappa shape index (κ3) is 2.78. The molecule has 2 heterocycles. The molecule has 0 spiro atoms. The molecule has 9 nitrogen and oxygen atoms in total. The lowest BCUT2D eigenvalue weighted by atomic mass is 10.2. The Labute approximate surface area is 116 Å². The maximum absolute atomic E-state index is 11.1. The van der Waals surface area contributed by atoms with Crippen molar-refractivity contribution in [2.75, 3.05) is 36.5 Å². The summed E-state index contributed by atoms with van der Waals surface area (Å²) in [4.78, 5) is 22.8. The van der Waals surface area contributed by atoms with E-state index in [0.29, 0.717) is 24.9 Å². The largest absolute Gasteiger partial charge is 0.348 e. The number of nitro groups is 1. The molecule has 1 aliphatic heterocycles. The molecule has 1 aromatic heterocycles. The zero-order valence-electron chi connectivity index (χ0n) is 11.6. The first kappa shape index (κ1) is 14.4. The van der Waals surface area contributed by atoms with Crippen molar-refractivity contribution in [1.82, 2.24) is 14.9 Å². The van der Waals surface area contributed by atoms with Gasteiger partial charge in [0.1, 0.15) is 6.20 Å². The van der Waals surface area contributed by atoms with Gasteiger partial charge in [-0.2, -0.15) is 4.98 Å². The molecule has 1 saturated heterocycles. The first-order valence-corrected chi connectivity index (χ1v) is 6.53. The molecule has 0 bridgehead atoms. The first-order chi connectivity index (χ1) is 9.56. The summed E-state index contributed by atoms with van der Waals surface area (Å²) in [5.41, 5.74) is 2.23. The number of nitrogens with one attached hydrogen (secondary N) is 1. The summed E-state index contributed by atoms with van der Waals surface area (Å²) in [5, 5.41) is 11.1. The second kappa shape index (κ2) is 5.97. The number of hydrogen-bond acceptors (Lipinski definition) is 8. The first-order valence-electron chi connectivity index (χ1n) is 6.53. The Morgan fingerprint density at radius 3 is 2.90 bits per heavy atom. The van der Waals surface area contributed by atoms with Crippen LogP contribution in [0.1, 0.15) is 13.8 Å². The molecule has 1 fully saturated rings. The molecule has 110 valence electrons. The fourth-order valence-corrected chi connectivity index (χ4v) is 2.45. The summed E-state index contributed by atoms with van der Waals surface area (Å²) >= 11 is 0. The van der Waals surface area contributed by atoms with Gasteiger partial charge in [-0.1, -0.05) is 6.92 Å². The van der Waals surface area contributed by atoms with Gasteiger partial charge in [0.05, 0.1) is 4.92 Å². The minimum Gasteiger partial charge on any atom is -0.348 e. The van der Waals surface area contributed by atoms with E-state index in [2.05, 4.69) is 34.1 Å². The van der Waals surface area contributed by atoms with E-state index in [9.17, 15) is 10.1 Å². The van der Waals surface area contributed by atoms with Crippen molar-refractivity contribution >= 4 is 17.5 Å². The van der Waals surface area contributed by atoms with Gasteiger partial charge in [0.2, 0.25) is 11.8 Å². The van der Waals surface area contributed by atoms with Gasteiger partial charge in [-0.05, 0) is 13.5 Å². The van der Waals surface area contributed by atoms with E-state index in [1.54, 1.807) is 0 Å². The molecule has 2 rings (SSSR count). The van der Waals surface area contributed by atoms with Crippen LogP contribution in [0, 0.1) is 10.1 Å². The Balaban J connectivity index is 2.29. The van der Waals surface area contributed by atoms with Crippen LogP contribution in [0.5, 0.6) is 0 Å². The number of aromatic nitrogens is 2. The summed E-state index contributed by atoms with van der Waals surface area (Å²) in [6, 6.07) is 0.317. The second-order valence-corrected chi connectivity index (χ2v) is 4.73. The van der Waals surface area contributed by atoms with Crippen LogP contribution in [0.4, 0.5) is 17.5 Å². The lowest BCUT2D eigenvalue weighted by molar-refractivity contribution is -0.384. The summed E-state index contributed by atoms with van der Waals surface area (Å²) in [6.07, 6.45) is 1.19. The molecule has 20 heavy (non-hydrogen) atoms. The van der Waals surface area contributed by atoms with Crippen LogP contribution in [0.25, 0.3) is 0 Å². The molecule has 1 aromatic rings. The predicted octanol–water partition coefficient (Wildman–Crippen LogP) is 0.201. The SMILES string of the molecule is CCN1CCN(c2nc(NN)ncc2[N+](=O)[O-])CC1C. The van der Waals surface area contributed by atoms with Gasteiger partial charge in [-0.15, -0.1) is 0 Å². The lowest BCUT2D eigenvalue weighted by Crippen LogP contribution is -2.52. The number of nitrogen functional groups attached to an aromatic ring is 1. The molecule has 1 aliphatic rings. The normalized spacial score (nSPS) is 19.9. The minimum atomic E-state index is -0.466. The van der Waals surface area contributed by atoms with E-state index >= 15 is 0 Å². The topological polar surface area (TPSA) is 113 Å². The molecule has 1 unspecified atom stereocenters. The molecule has 0 saturated carbocycles. The maximum atomic E-state index is 11.1. The summed E-state index contributed by atoms with van der Waals surface area (Å²) in [7, 11) is 0. The van der Waals surface area contributed by atoms with Gasteiger partial charge < -0.3 is 4.90 Å². The van der Waals surface area contributed by atoms with Crippen LogP contribution in [0.3, 0.4) is 0 Å². The highest BCUT2D eigenvalue weighted by atomic mass is 16.6. The van der Waals surface area contributed by atoms with Gasteiger partial charge in [0.25, 0.3) is 0 Å². The van der Waals surface area contributed by atoms with Crippen molar-refractivity contribution in [1.29, 1.82) is 0 Å². The number of anilines is 2. The highest BCUT2D eigenvalue weighted by Crippen LogP contribution is 2.27. The van der Waals surface area contributed by atoms with Crippen LogP contribution in [0.15, 0.2) is 6.20 Å². The third-order valence-corrected chi connectivity index (χ3v) is 3.55. The van der Waals surface area contributed by atoms with Gasteiger partial charge in [-0.25, -0.2) is 10.8 Å². The molecule has 9 heteroatoms. The summed E-state index contributed by atoms with van der Waals surface area (Å²) < 4.78 is 0. The molecular weight excluding hydrogens is 262 g/mol. The van der Waals surface area contributed by atoms with E-state index in [1.807, 2.05) is 4.90 Å². The molecular formula is C11H19N7O2. The van der Waals surface area contributed by atoms with Crippen molar-refractivity contribution in [3.05, 3.63) is 16.3 Å². The Morgan fingerprint density at radius 1 is 1.60 bits per heavy atom. The number of rotatable bonds is 4. The Hall–Kier alpha value is -2.00. The van der Waals surface area contributed by atoms with Crippen LogP contribution in [-0.2, 0) is 0 Å². The van der Waals surface area contributed by atoms with E-state index in [-0.39, 0.29) is 11.6 Å². The molecule has 3 N–H and O–H groups in total. The van der Waals surface area contributed by atoms with Gasteiger partial charge >= 0.3 is 5.69 Å². The zero-order chi connectivity index (χ0) is 14.7. The van der Waals surface area contributed by atoms with Crippen molar-refractivity contribution in [3.8, 4) is 0 Å². The fourth-order valence-electron chi connectivity index (χ4n) is 2.45. The van der Waals surface area contributed by atoms with Gasteiger partial charge in [0.15, 0.2) is 0 Å². The lowest BCUT2D eigenvalue weighted by Gasteiger charge is -2.39. The van der Waals surface area contributed by atoms with E-state index in [4.69, 9.17) is 5.84 Å². The number of hydrogen-bond donors (Lipinski definition) is 2. The average Bonchev–Trinajstić information content (AvgIpc) is 2.46. The minimum absolute atomic E-state index is 0.0962. The monoisotopic (exact) mass is 281 g/mol. The van der Waals surface area contributed by atoms with Crippen molar-refractivity contribution < 1.29 is 4.92 Å².